The third-order valence-electron chi connectivity index (χ3n) is 2.48. The van der Waals surface area contributed by atoms with Gasteiger partial charge in [0.1, 0.15) is 11.5 Å². The first kappa shape index (κ1) is 15.8. The van der Waals surface area contributed by atoms with Gasteiger partial charge in [0.2, 0.25) is 0 Å². The van der Waals surface area contributed by atoms with Gasteiger partial charge in [-0.25, -0.2) is 9.97 Å². The average Bonchev–Trinajstić information content (AvgIpc) is 2.35. The van der Waals surface area contributed by atoms with Crippen molar-refractivity contribution in [3.63, 3.8) is 0 Å². The lowest BCUT2D eigenvalue weighted by atomic mass is 10.2. The van der Waals surface area contributed by atoms with Crippen LogP contribution in [-0.4, -0.2) is 36.3 Å². The second-order valence-electron chi connectivity index (χ2n) is 4.17. The Kier molecular flexibility index (Phi) is 6.17. The molecule has 1 unspecified atom stereocenters. The highest BCUT2D eigenvalue weighted by molar-refractivity contribution is 5.07. The Morgan fingerprint density at radius 1 is 1.42 bits per heavy atom. The SMILES string of the molecule is CCCNC(COC)Cc1nccc(C(F)(F)F)n1. The van der Waals surface area contributed by atoms with Gasteiger partial charge < -0.3 is 10.1 Å². The highest BCUT2D eigenvalue weighted by atomic mass is 19.4. The number of aromatic nitrogens is 2. The fraction of sp³-hybridized carbons (Fsp3) is 0.667. The van der Waals surface area contributed by atoms with Crippen molar-refractivity contribution < 1.29 is 17.9 Å². The van der Waals surface area contributed by atoms with Crippen molar-refractivity contribution in [3.8, 4) is 0 Å². The molecule has 0 radical (unpaired) electrons. The molecule has 1 aromatic rings. The highest BCUT2D eigenvalue weighted by Gasteiger charge is 2.32. The lowest BCUT2D eigenvalue weighted by Gasteiger charge is -2.17. The predicted molar refractivity (Wildman–Crippen MR) is 64.7 cm³/mol. The number of nitrogens with one attached hydrogen (secondary N) is 1. The van der Waals surface area contributed by atoms with Crippen molar-refractivity contribution in [1.82, 2.24) is 15.3 Å². The summed E-state index contributed by atoms with van der Waals surface area (Å²) < 4.78 is 42.6. The van der Waals surface area contributed by atoms with E-state index in [1.165, 1.54) is 0 Å². The van der Waals surface area contributed by atoms with E-state index in [1.807, 2.05) is 6.92 Å². The maximum absolute atomic E-state index is 12.5. The number of halogens is 3. The van der Waals surface area contributed by atoms with Gasteiger partial charge in [0.25, 0.3) is 0 Å². The Morgan fingerprint density at radius 3 is 2.74 bits per heavy atom. The van der Waals surface area contributed by atoms with Crippen LogP contribution >= 0.6 is 0 Å². The van der Waals surface area contributed by atoms with E-state index in [-0.39, 0.29) is 11.9 Å². The first-order chi connectivity index (χ1) is 8.97. The van der Waals surface area contributed by atoms with Crippen molar-refractivity contribution in [2.45, 2.75) is 32.0 Å². The molecule has 19 heavy (non-hydrogen) atoms. The molecule has 0 aromatic carbocycles. The van der Waals surface area contributed by atoms with Crippen LogP contribution in [0, 0.1) is 0 Å². The molecule has 0 amide bonds. The first-order valence-electron chi connectivity index (χ1n) is 6.08. The Hall–Kier alpha value is -1.21. The molecule has 0 bridgehead atoms. The summed E-state index contributed by atoms with van der Waals surface area (Å²) in [6.45, 7) is 3.18. The normalized spacial score (nSPS) is 13.5. The Labute approximate surface area is 110 Å². The van der Waals surface area contributed by atoms with E-state index < -0.39 is 11.9 Å². The van der Waals surface area contributed by atoms with Crippen LogP contribution in [0.2, 0.25) is 0 Å². The van der Waals surface area contributed by atoms with Crippen LogP contribution in [0.3, 0.4) is 0 Å². The van der Waals surface area contributed by atoms with E-state index in [1.54, 1.807) is 7.11 Å². The summed E-state index contributed by atoms with van der Waals surface area (Å²) in [7, 11) is 1.55. The molecule has 108 valence electrons. The third kappa shape index (κ3) is 5.52. The second-order valence-corrected chi connectivity index (χ2v) is 4.17. The zero-order valence-electron chi connectivity index (χ0n) is 11.0. The van der Waals surface area contributed by atoms with Crippen LogP contribution in [0.5, 0.6) is 0 Å². The molecule has 1 aromatic heterocycles. The van der Waals surface area contributed by atoms with Gasteiger partial charge in [0.05, 0.1) is 6.61 Å². The molecule has 0 aliphatic carbocycles. The Morgan fingerprint density at radius 2 is 2.16 bits per heavy atom. The number of nitrogens with zero attached hydrogens (tertiary/aromatic N) is 2. The summed E-state index contributed by atoms with van der Waals surface area (Å²) in [4.78, 5) is 7.42. The quantitative estimate of drug-likeness (QED) is 0.828. The van der Waals surface area contributed by atoms with Crippen molar-refractivity contribution >= 4 is 0 Å². The van der Waals surface area contributed by atoms with Crippen molar-refractivity contribution in [1.29, 1.82) is 0 Å². The van der Waals surface area contributed by atoms with E-state index >= 15 is 0 Å². The van der Waals surface area contributed by atoms with Crippen molar-refractivity contribution in [2.75, 3.05) is 20.3 Å². The minimum absolute atomic E-state index is 0.0894. The molecule has 7 heteroatoms. The zero-order valence-corrected chi connectivity index (χ0v) is 11.0. The molecule has 1 atom stereocenters. The van der Waals surface area contributed by atoms with Crippen LogP contribution < -0.4 is 5.32 Å². The van der Waals surface area contributed by atoms with Crippen LogP contribution in [0.25, 0.3) is 0 Å². The summed E-state index contributed by atoms with van der Waals surface area (Å²) in [6, 6.07) is 0.780. The maximum atomic E-state index is 12.5. The van der Waals surface area contributed by atoms with E-state index in [4.69, 9.17) is 4.74 Å². The van der Waals surface area contributed by atoms with Gasteiger partial charge in [0.15, 0.2) is 0 Å². The summed E-state index contributed by atoms with van der Waals surface area (Å²) >= 11 is 0. The molecule has 1 heterocycles. The van der Waals surface area contributed by atoms with Crippen LogP contribution in [0.1, 0.15) is 24.9 Å². The molecular weight excluding hydrogens is 259 g/mol. The van der Waals surface area contributed by atoms with Gasteiger partial charge in [-0.3, -0.25) is 0 Å². The number of methoxy groups -OCH3 is 1. The number of rotatable bonds is 7. The summed E-state index contributed by atoms with van der Waals surface area (Å²) in [5, 5.41) is 3.19. The lowest BCUT2D eigenvalue weighted by molar-refractivity contribution is -0.141. The lowest BCUT2D eigenvalue weighted by Crippen LogP contribution is -2.36. The zero-order chi connectivity index (χ0) is 14.3. The second kappa shape index (κ2) is 7.40. The number of ether oxygens (including phenoxy) is 1. The molecule has 0 fully saturated rings. The van der Waals surface area contributed by atoms with Gasteiger partial charge in [-0.2, -0.15) is 13.2 Å². The molecule has 0 aliphatic rings. The molecule has 0 saturated heterocycles. The molecule has 0 aliphatic heterocycles. The molecule has 0 saturated carbocycles. The predicted octanol–water partition coefficient (Wildman–Crippen LogP) is 2.05. The number of alkyl halides is 3. The van der Waals surface area contributed by atoms with E-state index in [0.29, 0.717) is 13.0 Å². The summed E-state index contributed by atoms with van der Waals surface area (Å²) in [6.07, 6.45) is -2.07. The average molecular weight is 277 g/mol. The molecule has 4 nitrogen and oxygen atoms in total. The first-order valence-corrected chi connectivity index (χ1v) is 6.08. The van der Waals surface area contributed by atoms with Gasteiger partial charge >= 0.3 is 6.18 Å². The largest absolute Gasteiger partial charge is 0.433 e. The van der Waals surface area contributed by atoms with E-state index in [2.05, 4.69) is 15.3 Å². The van der Waals surface area contributed by atoms with Crippen LogP contribution in [-0.2, 0) is 17.3 Å². The molecule has 1 N–H and O–H groups in total. The summed E-state index contributed by atoms with van der Waals surface area (Å²) in [5.41, 5.74) is -0.913. The van der Waals surface area contributed by atoms with Crippen LogP contribution in [0.15, 0.2) is 12.3 Å². The van der Waals surface area contributed by atoms with Gasteiger partial charge in [-0.15, -0.1) is 0 Å². The Balaban J connectivity index is 2.73. The topological polar surface area (TPSA) is 47.0 Å². The minimum atomic E-state index is -4.44. The van der Waals surface area contributed by atoms with Crippen molar-refractivity contribution in [2.24, 2.45) is 0 Å². The molecule has 1 rings (SSSR count). The third-order valence-corrected chi connectivity index (χ3v) is 2.48. The monoisotopic (exact) mass is 277 g/mol. The minimum Gasteiger partial charge on any atom is -0.383 e. The fourth-order valence-electron chi connectivity index (χ4n) is 1.62. The van der Waals surface area contributed by atoms with E-state index in [0.717, 1.165) is 25.2 Å². The smallest absolute Gasteiger partial charge is 0.383 e. The maximum Gasteiger partial charge on any atom is 0.433 e. The number of hydrogen-bond donors (Lipinski definition) is 1. The molecule has 0 spiro atoms. The fourth-order valence-corrected chi connectivity index (χ4v) is 1.62. The van der Waals surface area contributed by atoms with Gasteiger partial charge in [-0.1, -0.05) is 6.92 Å². The highest BCUT2D eigenvalue weighted by Crippen LogP contribution is 2.26. The van der Waals surface area contributed by atoms with E-state index in [9.17, 15) is 13.2 Å². The summed E-state index contributed by atoms with van der Waals surface area (Å²) in [5.74, 6) is 0.167. The standard InChI is InChI=1S/C12H18F3N3O/c1-3-5-16-9(8-19-2)7-11-17-6-4-10(18-11)12(13,14)15/h4,6,9,16H,3,5,7-8H2,1-2H3. The van der Waals surface area contributed by atoms with Crippen molar-refractivity contribution in [3.05, 3.63) is 23.8 Å². The van der Waals surface area contributed by atoms with Gasteiger partial charge in [-0.05, 0) is 19.0 Å². The van der Waals surface area contributed by atoms with Crippen LogP contribution in [0.4, 0.5) is 13.2 Å². The number of hydrogen-bond acceptors (Lipinski definition) is 4. The van der Waals surface area contributed by atoms with Gasteiger partial charge in [0, 0.05) is 25.8 Å². The Bertz CT molecular complexity index is 385. The molecular formula is C12H18F3N3O.